The van der Waals surface area contributed by atoms with Gasteiger partial charge in [0.05, 0.1) is 13.2 Å². The minimum Gasteiger partial charge on any atom is -0.493 e. The first-order valence-electron chi connectivity index (χ1n) is 7.19. The maximum Gasteiger partial charge on any atom is 0.325 e. The molecule has 22 heavy (non-hydrogen) atoms. The number of benzene rings is 1. The van der Waals surface area contributed by atoms with Crippen molar-refractivity contribution in [3.63, 3.8) is 0 Å². The molecule has 0 spiro atoms. The van der Waals surface area contributed by atoms with Crippen LogP contribution in [-0.2, 0) is 16.0 Å². The summed E-state index contributed by atoms with van der Waals surface area (Å²) in [6.45, 7) is 0.714. The average Bonchev–Trinajstić information content (AvgIpc) is 2.84. The predicted molar refractivity (Wildman–Crippen MR) is 77.3 cm³/mol. The zero-order chi connectivity index (χ0) is 15.5. The van der Waals surface area contributed by atoms with Gasteiger partial charge in [0.2, 0.25) is 5.91 Å². The summed E-state index contributed by atoms with van der Waals surface area (Å²) in [6, 6.07) is 7.31. The number of urea groups is 1. The van der Waals surface area contributed by atoms with Gasteiger partial charge in [-0.2, -0.15) is 0 Å². The lowest BCUT2D eigenvalue weighted by Crippen LogP contribution is -2.43. The molecule has 1 saturated heterocycles. The van der Waals surface area contributed by atoms with Crippen LogP contribution in [-0.4, -0.2) is 49.0 Å². The summed E-state index contributed by atoms with van der Waals surface area (Å²) < 4.78 is 5.66. The van der Waals surface area contributed by atoms with Crippen LogP contribution in [0.15, 0.2) is 24.3 Å². The van der Waals surface area contributed by atoms with E-state index in [1.54, 1.807) is 0 Å². The van der Waals surface area contributed by atoms with Gasteiger partial charge >= 0.3 is 6.03 Å². The van der Waals surface area contributed by atoms with Crippen molar-refractivity contribution in [2.24, 2.45) is 5.92 Å². The minimum atomic E-state index is -0.518. The number of nitrogens with zero attached hydrogens (tertiary/aromatic N) is 1. The molecule has 1 fully saturated rings. The number of para-hydroxylation sites is 1. The third-order valence-electron chi connectivity index (χ3n) is 3.78. The lowest BCUT2D eigenvalue weighted by atomic mass is 9.97. The summed E-state index contributed by atoms with van der Waals surface area (Å²) in [7, 11) is 0. The van der Waals surface area contributed by atoms with E-state index in [0.29, 0.717) is 13.2 Å². The highest BCUT2D eigenvalue weighted by molar-refractivity contribution is 6.04. The number of hydrogen-bond donors (Lipinski definition) is 2. The Bertz CT molecular complexity index is 601. The van der Waals surface area contributed by atoms with Crippen molar-refractivity contribution in [2.75, 3.05) is 26.2 Å². The van der Waals surface area contributed by atoms with Crippen LogP contribution in [0.4, 0.5) is 4.79 Å². The Morgan fingerprint density at radius 1 is 1.36 bits per heavy atom. The standard InChI is InChI=1S/C15H17N3O4/c19-13(8-18-14(20)7-17-15(18)21)16-6-10-5-11-3-1-2-4-12(11)22-9-10/h1-4,10H,5-9H2,(H,16,19)(H,17,21). The van der Waals surface area contributed by atoms with Gasteiger partial charge in [-0.3, -0.25) is 14.5 Å². The first kappa shape index (κ1) is 14.4. The van der Waals surface area contributed by atoms with Gasteiger partial charge in [-0.25, -0.2) is 4.79 Å². The Hall–Kier alpha value is -2.57. The number of hydrogen-bond acceptors (Lipinski definition) is 4. The third kappa shape index (κ3) is 3.03. The number of nitrogens with one attached hydrogen (secondary N) is 2. The predicted octanol–water partition coefficient (Wildman–Crippen LogP) is -0.0943. The SMILES string of the molecule is O=C(CN1C(=O)CNC1=O)NCC1COc2ccccc2C1. The molecule has 4 amide bonds. The van der Waals surface area contributed by atoms with Crippen LogP contribution in [0.1, 0.15) is 5.56 Å². The van der Waals surface area contributed by atoms with Crippen LogP contribution in [0.5, 0.6) is 5.75 Å². The van der Waals surface area contributed by atoms with Crippen molar-refractivity contribution >= 4 is 17.8 Å². The van der Waals surface area contributed by atoms with E-state index in [1.807, 2.05) is 24.3 Å². The molecule has 1 unspecified atom stereocenters. The summed E-state index contributed by atoms with van der Waals surface area (Å²) in [5, 5.41) is 5.14. The Labute approximate surface area is 127 Å². The van der Waals surface area contributed by atoms with Gasteiger partial charge in [0.25, 0.3) is 5.91 Å². The molecule has 7 heteroatoms. The molecule has 1 aromatic carbocycles. The van der Waals surface area contributed by atoms with Crippen molar-refractivity contribution in [2.45, 2.75) is 6.42 Å². The number of fused-ring (bicyclic) bond motifs is 1. The molecular formula is C15H17N3O4. The molecule has 3 rings (SSSR count). The van der Waals surface area contributed by atoms with E-state index in [9.17, 15) is 14.4 Å². The zero-order valence-corrected chi connectivity index (χ0v) is 12.0. The van der Waals surface area contributed by atoms with Crippen molar-refractivity contribution in [3.8, 4) is 5.75 Å². The van der Waals surface area contributed by atoms with Gasteiger partial charge in [0.15, 0.2) is 0 Å². The average molecular weight is 303 g/mol. The largest absolute Gasteiger partial charge is 0.493 e. The minimum absolute atomic E-state index is 0.0423. The van der Waals surface area contributed by atoms with Crippen LogP contribution < -0.4 is 15.4 Å². The summed E-state index contributed by atoms with van der Waals surface area (Å²) >= 11 is 0. The molecule has 0 bridgehead atoms. The lowest BCUT2D eigenvalue weighted by Gasteiger charge is -2.25. The molecule has 7 nitrogen and oxygen atoms in total. The molecule has 1 atom stereocenters. The first-order chi connectivity index (χ1) is 10.6. The van der Waals surface area contributed by atoms with E-state index in [4.69, 9.17) is 4.74 Å². The summed E-state index contributed by atoms with van der Waals surface area (Å²) in [5.41, 5.74) is 1.13. The molecule has 2 aliphatic rings. The highest BCUT2D eigenvalue weighted by Crippen LogP contribution is 2.26. The third-order valence-corrected chi connectivity index (χ3v) is 3.78. The Morgan fingerprint density at radius 3 is 2.95 bits per heavy atom. The highest BCUT2D eigenvalue weighted by Gasteiger charge is 2.30. The molecule has 0 aromatic heterocycles. The van der Waals surface area contributed by atoms with Gasteiger partial charge in [-0.1, -0.05) is 18.2 Å². The quantitative estimate of drug-likeness (QED) is 0.761. The van der Waals surface area contributed by atoms with Gasteiger partial charge in [0.1, 0.15) is 12.3 Å². The Kier molecular flexibility index (Phi) is 3.95. The molecule has 116 valence electrons. The fourth-order valence-corrected chi connectivity index (χ4v) is 2.59. The smallest absolute Gasteiger partial charge is 0.325 e. The van der Waals surface area contributed by atoms with Crippen LogP contribution in [0.2, 0.25) is 0 Å². The van der Waals surface area contributed by atoms with Crippen molar-refractivity contribution < 1.29 is 19.1 Å². The van der Waals surface area contributed by atoms with Crippen LogP contribution >= 0.6 is 0 Å². The maximum absolute atomic E-state index is 11.9. The second-order valence-corrected chi connectivity index (χ2v) is 5.43. The number of amides is 4. The second-order valence-electron chi connectivity index (χ2n) is 5.43. The van der Waals surface area contributed by atoms with E-state index in [1.165, 1.54) is 0 Å². The summed E-state index contributed by atoms with van der Waals surface area (Å²) in [6.07, 6.45) is 0.833. The number of ether oxygens (including phenoxy) is 1. The van der Waals surface area contributed by atoms with Gasteiger partial charge in [-0.05, 0) is 18.1 Å². The maximum atomic E-state index is 11.9. The molecule has 0 saturated carbocycles. The fourth-order valence-electron chi connectivity index (χ4n) is 2.59. The molecule has 2 N–H and O–H groups in total. The number of imide groups is 1. The van der Waals surface area contributed by atoms with Crippen LogP contribution in [0.25, 0.3) is 0 Å². The number of carbonyl (C=O) groups is 3. The van der Waals surface area contributed by atoms with Gasteiger partial charge in [0, 0.05) is 12.5 Å². The second kappa shape index (κ2) is 6.05. The zero-order valence-electron chi connectivity index (χ0n) is 12.0. The van der Waals surface area contributed by atoms with E-state index in [-0.39, 0.29) is 30.8 Å². The normalized spacial score (nSPS) is 20.2. The van der Waals surface area contributed by atoms with Crippen molar-refractivity contribution in [1.29, 1.82) is 0 Å². The molecule has 2 heterocycles. The highest BCUT2D eigenvalue weighted by atomic mass is 16.5. The van der Waals surface area contributed by atoms with E-state index in [0.717, 1.165) is 22.6 Å². The van der Waals surface area contributed by atoms with E-state index in [2.05, 4.69) is 10.6 Å². The van der Waals surface area contributed by atoms with E-state index < -0.39 is 6.03 Å². The van der Waals surface area contributed by atoms with Crippen LogP contribution in [0.3, 0.4) is 0 Å². The monoisotopic (exact) mass is 303 g/mol. The fraction of sp³-hybridized carbons (Fsp3) is 0.400. The van der Waals surface area contributed by atoms with Crippen molar-refractivity contribution in [1.82, 2.24) is 15.5 Å². The summed E-state index contributed by atoms with van der Waals surface area (Å²) in [5.74, 6) is 0.353. The molecule has 0 radical (unpaired) electrons. The topological polar surface area (TPSA) is 87.7 Å². The van der Waals surface area contributed by atoms with Crippen molar-refractivity contribution in [3.05, 3.63) is 29.8 Å². The number of rotatable bonds is 4. The van der Waals surface area contributed by atoms with Gasteiger partial charge < -0.3 is 15.4 Å². The Morgan fingerprint density at radius 2 is 2.18 bits per heavy atom. The molecule has 0 aliphatic carbocycles. The first-order valence-corrected chi connectivity index (χ1v) is 7.19. The summed E-state index contributed by atoms with van der Waals surface area (Å²) in [4.78, 5) is 35.5. The molecule has 1 aromatic rings. The molecule has 2 aliphatic heterocycles. The lowest BCUT2D eigenvalue weighted by molar-refractivity contribution is -0.130. The van der Waals surface area contributed by atoms with Gasteiger partial charge in [-0.15, -0.1) is 0 Å². The van der Waals surface area contributed by atoms with Crippen LogP contribution in [0, 0.1) is 5.92 Å². The van der Waals surface area contributed by atoms with E-state index >= 15 is 0 Å². The Balaban J connectivity index is 1.48. The number of carbonyl (C=O) groups excluding carboxylic acids is 3. The molecular weight excluding hydrogens is 286 g/mol.